The molecule has 2 aromatic rings. The molecule has 0 aliphatic rings. The predicted octanol–water partition coefficient (Wildman–Crippen LogP) is 3.86. The van der Waals surface area contributed by atoms with Crippen LogP contribution in [-0.2, 0) is 4.79 Å². The van der Waals surface area contributed by atoms with Gasteiger partial charge in [0.05, 0.1) is 0 Å². The number of benzene rings is 2. The van der Waals surface area contributed by atoms with Crippen LogP contribution in [0.15, 0.2) is 42.5 Å². The average molecular weight is 355 g/mol. The van der Waals surface area contributed by atoms with Crippen molar-refractivity contribution in [2.75, 3.05) is 6.54 Å². The Kier molecular flexibility index (Phi) is 6.38. The summed E-state index contributed by atoms with van der Waals surface area (Å²) in [5, 5.41) is 21.1. The van der Waals surface area contributed by atoms with Crippen LogP contribution in [0.4, 0.5) is 4.79 Å². The highest BCUT2D eigenvalue weighted by Gasteiger charge is 2.17. The number of phenolic OH excluding ortho intramolecular Hbond substituents is 1. The molecule has 6 nitrogen and oxygen atoms in total. The molecule has 2 aromatic carbocycles. The lowest BCUT2D eigenvalue weighted by molar-refractivity contribution is -0.135. The zero-order valence-electron chi connectivity index (χ0n) is 14.6. The minimum Gasteiger partial charge on any atom is -0.507 e. The van der Waals surface area contributed by atoms with Gasteiger partial charge in [-0.3, -0.25) is 4.79 Å². The van der Waals surface area contributed by atoms with Gasteiger partial charge in [0.2, 0.25) is 0 Å². The predicted molar refractivity (Wildman–Crippen MR) is 99.2 cm³/mol. The summed E-state index contributed by atoms with van der Waals surface area (Å²) in [6.07, 6.45) is 2.78. The highest BCUT2D eigenvalue weighted by molar-refractivity contribution is 5.79. The van der Waals surface area contributed by atoms with E-state index in [0.717, 1.165) is 5.56 Å². The number of ether oxygens (including phenoxy) is 1. The molecular formula is C20H21NO5. The van der Waals surface area contributed by atoms with Crippen LogP contribution in [0, 0.1) is 0 Å². The maximum Gasteiger partial charge on any atom is 0.413 e. The Morgan fingerprint density at radius 2 is 1.77 bits per heavy atom. The van der Waals surface area contributed by atoms with Crippen molar-refractivity contribution in [3.8, 4) is 11.5 Å². The van der Waals surface area contributed by atoms with E-state index in [4.69, 9.17) is 9.84 Å². The van der Waals surface area contributed by atoms with Gasteiger partial charge in [-0.1, -0.05) is 56.3 Å². The Morgan fingerprint density at radius 3 is 2.38 bits per heavy atom. The van der Waals surface area contributed by atoms with E-state index >= 15 is 0 Å². The van der Waals surface area contributed by atoms with Gasteiger partial charge in [-0.25, -0.2) is 4.79 Å². The van der Waals surface area contributed by atoms with Crippen LogP contribution < -0.4 is 10.1 Å². The fourth-order valence-electron chi connectivity index (χ4n) is 2.43. The molecule has 26 heavy (non-hydrogen) atoms. The van der Waals surface area contributed by atoms with Crippen molar-refractivity contribution >= 4 is 24.2 Å². The number of hydrogen-bond acceptors (Lipinski definition) is 4. The Balaban J connectivity index is 2.29. The molecule has 1 amide bonds. The first-order valence-electron chi connectivity index (χ1n) is 8.14. The van der Waals surface area contributed by atoms with Crippen molar-refractivity contribution in [1.82, 2.24) is 5.32 Å². The SMILES string of the molecule is CC(C)c1c(O)cc(/C=C/c2ccccc2)cc1OC(=O)NCC(=O)O. The second kappa shape index (κ2) is 8.71. The molecule has 0 unspecified atom stereocenters. The number of aromatic hydroxyl groups is 1. The Bertz CT molecular complexity index is 812. The van der Waals surface area contributed by atoms with Crippen LogP contribution in [0.1, 0.15) is 36.5 Å². The number of nitrogens with one attached hydrogen (secondary N) is 1. The summed E-state index contributed by atoms with van der Waals surface area (Å²) in [6.45, 7) is 3.17. The van der Waals surface area contributed by atoms with Crippen molar-refractivity contribution in [3.05, 3.63) is 59.2 Å². The third-order valence-corrected chi connectivity index (χ3v) is 3.57. The number of phenols is 1. The largest absolute Gasteiger partial charge is 0.507 e. The van der Waals surface area contributed by atoms with Gasteiger partial charge in [0.15, 0.2) is 0 Å². The van der Waals surface area contributed by atoms with E-state index in [2.05, 4.69) is 5.32 Å². The number of carboxylic acids is 1. The summed E-state index contributed by atoms with van der Waals surface area (Å²) < 4.78 is 5.22. The normalized spacial score (nSPS) is 10.9. The molecule has 0 radical (unpaired) electrons. The lowest BCUT2D eigenvalue weighted by Crippen LogP contribution is -2.32. The Morgan fingerprint density at radius 1 is 1.12 bits per heavy atom. The summed E-state index contributed by atoms with van der Waals surface area (Å²) in [5.41, 5.74) is 2.12. The van der Waals surface area contributed by atoms with E-state index in [9.17, 15) is 14.7 Å². The monoisotopic (exact) mass is 355 g/mol. The number of hydrogen-bond donors (Lipinski definition) is 3. The summed E-state index contributed by atoms with van der Waals surface area (Å²) in [4.78, 5) is 22.3. The number of carbonyl (C=O) groups is 2. The molecule has 0 saturated heterocycles. The number of amides is 1. The van der Waals surface area contributed by atoms with Gasteiger partial charge in [-0.2, -0.15) is 0 Å². The summed E-state index contributed by atoms with van der Waals surface area (Å²) in [7, 11) is 0. The molecule has 0 fully saturated rings. The molecule has 3 N–H and O–H groups in total. The van der Waals surface area contributed by atoms with Crippen molar-refractivity contribution in [3.63, 3.8) is 0 Å². The van der Waals surface area contributed by atoms with Crippen LogP contribution in [0.5, 0.6) is 11.5 Å². The van der Waals surface area contributed by atoms with Crippen molar-refractivity contribution < 1.29 is 24.5 Å². The zero-order valence-corrected chi connectivity index (χ0v) is 14.6. The quantitative estimate of drug-likeness (QED) is 0.684. The Labute approximate surface area is 151 Å². The molecule has 0 aliphatic carbocycles. The number of carboxylic acid groups (broad SMARTS) is 1. The summed E-state index contributed by atoms with van der Waals surface area (Å²) >= 11 is 0. The summed E-state index contributed by atoms with van der Waals surface area (Å²) in [6, 6.07) is 12.9. The van der Waals surface area contributed by atoms with Gasteiger partial charge in [0.1, 0.15) is 18.0 Å². The lowest BCUT2D eigenvalue weighted by atomic mass is 9.98. The molecule has 6 heteroatoms. The second-order valence-corrected chi connectivity index (χ2v) is 5.99. The standard InChI is InChI=1S/C20H21NO5/c1-13(2)19-16(22)10-15(9-8-14-6-4-3-5-7-14)11-17(19)26-20(25)21-12-18(23)24/h3-11,13,22H,12H2,1-2H3,(H,21,25)(H,23,24)/b9-8+. The second-order valence-electron chi connectivity index (χ2n) is 5.99. The van der Waals surface area contributed by atoms with Gasteiger partial charge >= 0.3 is 12.1 Å². The highest BCUT2D eigenvalue weighted by atomic mass is 16.6. The van der Waals surface area contributed by atoms with E-state index in [0.29, 0.717) is 11.1 Å². The van der Waals surface area contributed by atoms with Gasteiger partial charge in [0.25, 0.3) is 0 Å². The van der Waals surface area contributed by atoms with Crippen LogP contribution in [0.25, 0.3) is 12.2 Å². The molecule has 0 saturated carbocycles. The van der Waals surface area contributed by atoms with Crippen LogP contribution in [0.2, 0.25) is 0 Å². The molecule has 0 spiro atoms. The summed E-state index contributed by atoms with van der Waals surface area (Å²) in [5.74, 6) is -1.07. The number of rotatable bonds is 6. The van der Waals surface area contributed by atoms with Crippen LogP contribution in [0.3, 0.4) is 0 Å². The first-order chi connectivity index (χ1) is 12.4. The number of carbonyl (C=O) groups excluding carboxylic acids is 1. The van der Waals surface area contributed by atoms with E-state index in [1.165, 1.54) is 0 Å². The maximum atomic E-state index is 11.8. The lowest BCUT2D eigenvalue weighted by Gasteiger charge is -2.15. The highest BCUT2D eigenvalue weighted by Crippen LogP contribution is 2.36. The van der Waals surface area contributed by atoms with E-state index in [-0.39, 0.29) is 17.4 Å². The minimum absolute atomic E-state index is 0.0104. The fourth-order valence-corrected chi connectivity index (χ4v) is 2.43. The zero-order chi connectivity index (χ0) is 19.1. The molecule has 0 bridgehead atoms. The van der Waals surface area contributed by atoms with Gasteiger partial charge < -0.3 is 20.3 Å². The van der Waals surface area contributed by atoms with E-state index in [1.807, 2.05) is 50.3 Å². The molecule has 0 atom stereocenters. The Hall–Kier alpha value is -3.28. The van der Waals surface area contributed by atoms with Crippen molar-refractivity contribution in [2.24, 2.45) is 0 Å². The maximum absolute atomic E-state index is 11.8. The van der Waals surface area contributed by atoms with Crippen LogP contribution in [-0.4, -0.2) is 28.8 Å². The van der Waals surface area contributed by atoms with E-state index < -0.39 is 18.6 Å². The minimum atomic E-state index is -1.17. The molecular weight excluding hydrogens is 334 g/mol. The molecule has 0 aromatic heterocycles. The molecule has 0 heterocycles. The van der Waals surface area contributed by atoms with Crippen molar-refractivity contribution in [1.29, 1.82) is 0 Å². The first-order valence-corrected chi connectivity index (χ1v) is 8.14. The third-order valence-electron chi connectivity index (χ3n) is 3.57. The topological polar surface area (TPSA) is 95.9 Å². The molecule has 2 rings (SSSR count). The molecule has 0 aliphatic heterocycles. The van der Waals surface area contributed by atoms with Gasteiger partial charge in [-0.15, -0.1) is 0 Å². The van der Waals surface area contributed by atoms with Crippen LogP contribution >= 0.6 is 0 Å². The average Bonchev–Trinajstić information content (AvgIpc) is 2.58. The smallest absolute Gasteiger partial charge is 0.413 e. The number of aliphatic carboxylic acids is 1. The van der Waals surface area contributed by atoms with Gasteiger partial charge in [-0.05, 0) is 29.2 Å². The molecule has 136 valence electrons. The fraction of sp³-hybridized carbons (Fsp3) is 0.200. The third kappa shape index (κ3) is 5.37. The van der Waals surface area contributed by atoms with Crippen molar-refractivity contribution in [2.45, 2.75) is 19.8 Å². The van der Waals surface area contributed by atoms with Gasteiger partial charge in [0, 0.05) is 5.56 Å². The van der Waals surface area contributed by atoms with E-state index in [1.54, 1.807) is 18.2 Å². The first kappa shape index (κ1) is 19.1.